The number of rotatable bonds is 3. The van der Waals surface area contributed by atoms with Gasteiger partial charge in [-0.15, -0.1) is 0 Å². The molecule has 2 aromatic heterocycles. The molecule has 0 saturated heterocycles. The summed E-state index contributed by atoms with van der Waals surface area (Å²) in [5, 5.41) is 3.20. The third-order valence-corrected chi connectivity index (χ3v) is 2.59. The van der Waals surface area contributed by atoms with Crippen LogP contribution in [0.15, 0.2) is 30.5 Å². The van der Waals surface area contributed by atoms with Gasteiger partial charge in [-0.25, -0.2) is 4.98 Å². The Morgan fingerprint density at radius 3 is 2.82 bits per heavy atom. The van der Waals surface area contributed by atoms with Crippen LogP contribution in [0, 0.1) is 13.8 Å². The van der Waals surface area contributed by atoms with Crippen molar-refractivity contribution in [3.8, 4) is 0 Å². The quantitative estimate of drug-likeness (QED) is 0.846. The highest BCUT2D eigenvalue weighted by atomic mass is 15.0. The van der Waals surface area contributed by atoms with Crippen molar-refractivity contribution in [3.63, 3.8) is 0 Å². The van der Waals surface area contributed by atoms with E-state index in [1.807, 2.05) is 38.1 Å². The summed E-state index contributed by atoms with van der Waals surface area (Å²) in [7, 11) is 0. The van der Waals surface area contributed by atoms with Crippen LogP contribution in [0.1, 0.15) is 17.0 Å². The zero-order valence-electron chi connectivity index (χ0n) is 10.1. The van der Waals surface area contributed by atoms with Crippen molar-refractivity contribution in [2.24, 2.45) is 0 Å². The molecular formula is C13H16N4. The summed E-state index contributed by atoms with van der Waals surface area (Å²) >= 11 is 0. The summed E-state index contributed by atoms with van der Waals surface area (Å²) in [6, 6.07) is 7.84. The average Bonchev–Trinajstić information content (AvgIpc) is 2.31. The minimum Gasteiger partial charge on any atom is -0.396 e. The first-order valence-corrected chi connectivity index (χ1v) is 5.54. The number of hydrogen-bond acceptors (Lipinski definition) is 4. The second kappa shape index (κ2) is 4.82. The molecule has 4 heteroatoms. The van der Waals surface area contributed by atoms with Gasteiger partial charge >= 0.3 is 0 Å². The number of nitrogen functional groups attached to an aromatic ring is 1. The molecule has 0 aliphatic rings. The fourth-order valence-corrected chi connectivity index (χ4v) is 1.58. The first-order chi connectivity index (χ1) is 8.16. The normalized spacial score (nSPS) is 10.2. The zero-order valence-corrected chi connectivity index (χ0v) is 10.1. The van der Waals surface area contributed by atoms with E-state index in [0.717, 1.165) is 17.0 Å². The maximum atomic E-state index is 5.93. The van der Waals surface area contributed by atoms with Gasteiger partial charge in [0.1, 0.15) is 5.82 Å². The van der Waals surface area contributed by atoms with Crippen LogP contribution in [-0.2, 0) is 6.54 Å². The number of aromatic nitrogens is 2. The van der Waals surface area contributed by atoms with Crippen LogP contribution >= 0.6 is 0 Å². The fourth-order valence-electron chi connectivity index (χ4n) is 1.58. The molecule has 17 heavy (non-hydrogen) atoms. The maximum Gasteiger partial charge on any atom is 0.149 e. The predicted octanol–water partition coefficient (Wildman–Crippen LogP) is 2.29. The minimum atomic E-state index is 0.627. The van der Waals surface area contributed by atoms with Crippen LogP contribution in [0.2, 0.25) is 0 Å². The Bertz CT molecular complexity index is 523. The Morgan fingerprint density at radius 1 is 1.24 bits per heavy atom. The van der Waals surface area contributed by atoms with Gasteiger partial charge in [0, 0.05) is 11.9 Å². The molecule has 0 bridgehead atoms. The standard InChI is InChI=1S/C13H16N4/c1-9-6-7-15-13(12(9)14)16-8-11-5-3-4-10(2)17-11/h3-7H,8,14H2,1-2H3,(H,15,16). The van der Waals surface area contributed by atoms with Gasteiger partial charge in [0.15, 0.2) is 0 Å². The molecule has 3 N–H and O–H groups in total. The van der Waals surface area contributed by atoms with E-state index < -0.39 is 0 Å². The van der Waals surface area contributed by atoms with Crippen molar-refractivity contribution < 1.29 is 0 Å². The number of aryl methyl sites for hydroxylation is 2. The summed E-state index contributed by atoms with van der Waals surface area (Å²) in [5.74, 6) is 0.716. The summed E-state index contributed by atoms with van der Waals surface area (Å²) in [6.45, 7) is 4.57. The molecule has 2 heterocycles. The SMILES string of the molecule is Cc1cccc(CNc2nccc(C)c2N)n1. The molecule has 0 radical (unpaired) electrons. The summed E-state index contributed by atoms with van der Waals surface area (Å²) in [4.78, 5) is 8.62. The van der Waals surface area contributed by atoms with Crippen LogP contribution in [0.3, 0.4) is 0 Å². The second-order valence-corrected chi connectivity index (χ2v) is 4.01. The van der Waals surface area contributed by atoms with Gasteiger partial charge < -0.3 is 11.1 Å². The van der Waals surface area contributed by atoms with E-state index in [9.17, 15) is 0 Å². The first kappa shape index (κ1) is 11.4. The number of nitrogens with zero attached hydrogens (tertiary/aromatic N) is 2. The van der Waals surface area contributed by atoms with E-state index in [1.165, 1.54) is 0 Å². The highest BCUT2D eigenvalue weighted by Crippen LogP contribution is 2.19. The van der Waals surface area contributed by atoms with Gasteiger partial charge in [0.05, 0.1) is 17.9 Å². The molecule has 2 aromatic rings. The van der Waals surface area contributed by atoms with Crippen LogP contribution in [0.5, 0.6) is 0 Å². The van der Waals surface area contributed by atoms with Crippen molar-refractivity contribution in [1.29, 1.82) is 0 Å². The molecule has 0 aliphatic heterocycles. The Kier molecular flexibility index (Phi) is 3.23. The van der Waals surface area contributed by atoms with E-state index in [-0.39, 0.29) is 0 Å². The molecule has 0 saturated carbocycles. The topological polar surface area (TPSA) is 63.8 Å². The third-order valence-electron chi connectivity index (χ3n) is 2.59. The predicted molar refractivity (Wildman–Crippen MR) is 69.7 cm³/mol. The zero-order chi connectivity index (χ0) is 12.3. The summed E-state index contributed by atoms with van der Waals surface area (Å²) in [6.07, 6.45) is 1.75. The summed E-state index contributed by atoms with van der Waals surface area (Å²) in [5.41, 5.74) is 9.64. The van der Waals surface area contributed by atoms with E-state index in [0.29, 0.717) is 18.1 Å². The molecule has 2 rings (SSSR count). The lowest BCUT2D eigenvalue weighted by Crippen LogP contribution is -2.07. The molecule has 0 aromatic carbocycles. The number of nitrogens with one attached hydrogen (secondary N) is 1. The van der Waals surface area contributed by atoms with Crippen molar-refractivity contribution in [3.05, 3.63) is 47.4 Å². The van der Waals surface area contributed by atoms with Crippen molar-refractivity contribution in [2.75, 3.05) is 11.1 Å². The maximum absolute atomic E-state index is 5.93. The first-order valence-electron chi connectivity index (χ1n) is 5.54. The molecule has 0 atom stereocenters. The highest BCUT2D eigenvalue weighted by molar-refractivity contribution is 5.64. The number of hydrogen-bond donors (Lipinski definition) is 2. The Labute approximate surface area is 101 Å². The van der Waals surface area contributed by atoms with Crippen LogP contribution in [0.25, 0.3) is 0 Å². The Morgan fingerprint density at radius 2 is 2.06 bits per heavy atom. The number of anilines is 2. The van der Waals surface area contributed by atoms with Gasteiger partial charge in [-0.2, -0.15) is 0 Å². The van der Waals surface area contributed by atoms with E-state index in [2.05, 4.69) is 15.3 Å². The second-order valence-electron chi connectivity index (χ2n) is 4.01. The molecule has 0 aliphatic carbocycles. The highest BCUT2D eigenvalue weighted by Gasteiger charge is 2.03. The molecule has 0 amide bonds. The molecule has 0 fully saturated rings. The van der Waals surface area contributed by atoms with E-state index >= 15 is 0 Å². The Balaban J connectivity index is 2.10. The van der Waals surface area contributed by atoms with Crippen LogP contribution in [0.4, 0.5) is 11.5 Å². The molecule has 4 nitrogen and oxygen atoms in total. The van der Waals surface area contributed by atoms with Gasteiger partial charge in [-0.1, -0.05) is 6.07 Å². The molecule has 88 valence electrons. The van der Waals surface area contributed by atoms with Crippen molar-refractivity contribution in [2.45, 2.75) is 20.4 Å². The van der Waals surface area contributed by atoms with Gasteiger partial charge in [0.2, 0.25) is 0 Å². The number of pyridine rings is 2. The molecular weight excluding hydrogens is 212 g/mol. The Hall–Kier alpha value is -2.10. The third kappa shape index (κ3) is 2.72. The van der Waals surface area contributed by atoms with Crippen LogP contribution < -0.4 is 11.1 Å². The largest absolute Gasteiger partial charge is 0.396 e. The van der Waals surface area contributed by atoms with Crippen molar-refractivity contribution in [1.82, 2.24) is 9.97 Å². The van der Waals surface area contributed by atoms with Crippen LogP contribution in [-0.4, -0.2) is 9.97 Å². The lowest BCUT2D eigenvalue weighted by molar-refractivity contribution is 1.00. The lowest BCUT2D eigenvalue weighted by Gasteiger charge is -2.09. The summed E-state index contributed by atoms with van der Waals surface area (Å²) < 4.78 is 0. The smallest absolute Gasteiger partial charge is 0.149 e. The number of nitrogens with two attached hydrogens (primary N) is 1. The van der Waals surface area contributed by atoms with Crippen molar-refractivity contribution >= 4 is 11.5 Å². The van der Waals surface area contributed by atoms with E-state index in [1.54, 1.807) is 6.20 Å². The minimum absolute atomic E-state index is 0.627. The van der Waals surface area contributed by atoms with E-state index in [4.69, 9.17) is 5.73 Å². The monoisotopic (exact) mass is 228 g/mol. The van der Waals surface area contributed by atoms with Gasteiger partial charge in [0.25, 0.3) is 0 Å². The fraction of sp³-hybridized carbons (Fsp3) is 0.231. The molecule has 0 unspecified atom stereocenters. The van der Waals surface area contributed by atoms with Gasteiger partial charge in [-0.3, -0.25) is 4.98 Å². The van der Waals surface area contributed by atoms with Gasteiger partial charge in [-0.05, 0) is 37.6 Å². The average molecular weight is 228 g/mol. The molecule has 0 spiro atoms. The lowest BCUT2D eigenvalue weighted by atomic mass is 10.2.